The summed E-state index contributed by atoms with van der Waals surface area (Å²) in [6.45, 7) is 7.06. The van der Waals surface area contributed by atoms with Crippen LogP contribution in [0.4, 0.5) is 5.82 Å². The van der Waals surface area contributed by atoms with Gasteiger partial charge in [-0.1, -0.05) is 6.92 Å². The molecule has 0 aromatic carbocycles. The number of anilines is 1. The summed E-state index contributed by atoms with van der Waals surface area (Å²) < 4.78 is 0. The summed E-state index contributed by atoms with van der Waals surface area (Å²) in [5.74, 6) is 0.724. The molecule has 1 unspecified atom stereocenters. The molecule has 0 radical (unpaired) electrons. The van der Waals surface area contributed by atoms with E-state index in [0.717, 1.165) is 25.8 Å². The van der Waals surface area contributed by atoms with Crippen LogP contribution in [-0.4, -0.2) is 39.6 Å². The maximum absolute atomic E-state index is 12.5. The zero-order chi connectivity index (χ0) is 14.5. The Balaban J connectivity index is 2.08. The lowest BCUT2D eigenvalue weighted by Crippen LogP contribution is -2.43. The second-order valence-corrected chi connectivity index (χ2v) is 5.66. The third-order valence-electron chi connectivity index (χ3n) is 3.68. The zero-order valence-electron chi connectivity index (χ0n) is 12.6. The highest BCUT2D eigenvalue weighted by molar-refractivity contribution is 5.92. The largest absolute Gasteiger partial charge is 0.366 e. The Morgan fingerprint density at radius 3 is 2.80 bits per heavy atom. The van der Waals surface area contributed by atoms with Crippen molar-refractivity contribution in [1.82, 2.24) is 15.1 Å². The summed E-state index contributed by atoms with van der Waals surface area (Å²) in [5, 5.41) is 11.3. The van der Waals surface area contributed by atoms with Crippen molar-refractivity contribution in [3.8, 4) is 0 Å². The molecule has 2 heterocycles. The molecule has 0 spiro atoms. The van der Waals surface area contributed by atoms with Crippen molar-refractivity contribution >= 4 is 11.7 Å². The van der Waals surface area contributed by atoms with Gasteiger partial charge < -0.3 is 10.2 Å². The first kappa shape index (κ1) is 14.8. The highest BCUT2D eigenvalue weighted by Crippen LogP contribution is 2.21. The number of rotatable bonds is 4. The lowest BCUT2D eigenvalue weighted by molar-refractivity contribution is 0.0601. The molecule has 1 saturated heterocycles. The van der Waals surface area contributed by atoms with E-state index in [2.05, 4.69) is 22.4 Å². The average molecular weight is 276 g/mol. The molecule has 20 heavy (non-hydrogen) atoms. The zero-order valence-corrected chi connectivity index (χ0v) is 12.6. The van der Waals surface area contributed by atoms with E-state index in [1.54, 1.807) is 6.07 Å². The third-order valence-corrected chi connectivity index (χ3v) is 3.68. The van der Waals surface area contributed by atoms with Crippen LogP contribution >= 0.6 is 0 Å². The van der Waals surface area contributed by atoms with E-state index in [9.17, 15) is 4.79 Å². The maximum atomic E-state index is 12.5. The van der Waals surface area contributed by atoms with Crippen molar-refractivity contribution in [2.75, 3.05) is 11.9 Å². The van der Waals surface area contributed by atoms with Crippen molar-refractivity contribution in [2.24, 2.45) is 0 Å². The number of carbonyl (C=O) groups is 1. The molecule has 110 valence electrons. The first-order valence-corrected chi connectivity index (χ1v) is 7.53. The van der Waals surface area contributed by atoms with E-state index in [1.165, 1.54) is 6.42 Å². The minimum Gasteiger partial charge on any atom is -0.366 e. The SMILES string of the molecule is CCC1CCCCN1C(=O)c1ccc(NC(C)C)nn1. The summed E-state index contributed by atoms with van der Waals surface area (Å²) in [6, 6.07) is 4.25. The topological polar surface area (TPSA) is 58.1 Å². The first-order valence-electron chi connectivity index (χ1n) is 7.53. The molecular formula is C15H24N4O. The molecule has 1 aliphatic heterocycles. The van der Waals surface area contributed by atoms with Crippen molar-refractivity contribution in [3.05, 3.63) is 17.8 Å². The van der Waals surface area contributed by atoms with Gasteiger partial charge in [0, 0.05) is 18.6 Å². The molecule has 1 aromatic heterocycles. The van der Waals surface area contributed by atoms with Gasteiger partial charge in [0.2, 0.25) is 0 Å². The molecule has 1 atom stereocenters. The predicted molar refractivity (Wildman–Crippen MR) is 79.8 cm³/mol. The van der Waals surface area contributed by atoms with E-state index >= 15 is 0 Å². The van der Waals surface area contributed by atoms with Crippen molar-refractivity contribution in [1.29, 1.82) is 0 Å². The average Bonchev–Trinajstić information content (AvgIpc) is 2.46. The van der Waals surface area contributed by atoms with Crippen molar-refractivity contribution in [3.63, 3.8) is 0 Å². The second kappa shape index (κ2) is 6.68. The molecule has 1 amide bonds. The van der Waals surface area contributed by atoms with Crippen LogP contribution in [0.2, 0.25) is 0 Å². The quantitative estimate of drug-likeness (QED) is 0.918. The Bertz CT molecular complexity index is 444. The summed E-state index contributed by atoms with van der Waals surface area (Å²) in [4.78, 5) is 14.5. The van der Waals surface area contributed by atoms with Gasteiger partial charge in [0.15, 0.2) is 5.69 Å². The number of nitrogens with zero attached hydrogens (tertiary/aromatic N) is 3. The smallest absolute Gasteiger partial charge is 0.274 e. The minimum atomic E-state index is 0.0140. The molecular weight excluding hydrogens is 252 g/mol. The lowest BCUT2D eigenvalue weighted by atomic mass is 9.99. The van der Waals surface area contributed by atoms with Gasteiger partial charge in [-0.3, -0.25) is 4.79 Å². The molecule has 0 bridgehead atoms. The van der Waals surface area contributed by atoms with Crippen LogP contribution in [0.1, 0.15) is 56.9 Å². The molecule has 5 nitrogen and oxygen atoms in total. The molecule has 0 aliphatic carbocycles. The van der Waals surface area contributed by atoms with Gasteiger partial charge in [0.1, 0.15) is 5.82 Å². The van der Waals surface area contributed by atoms with Crippen LogP contribution in [0.3, 0.4) is 0 Å². The van der Waals surface area contributed by atoms with Gasteiger partial charge in [0.25, 0.3) is 5.91 Å². The Kier molecular flexibility index (Phi) is 4.93. The fraction of sp³-hybridized carbons (Fsp3) is 0.667. The minimum absolute atomic E-state index is 0.0140. The highest BCUT2D eigenvalue weighted by atomic mass is 16.2. The standard InChI is InChI=1S/C15H24N4O/c1-4-12-7-5-6-10-19(12)15(20)13-8-9-14(18-17-13)16-11(2)3/h8-9,11-12H,4-7,10H2,1-3H3,(H,16,18). The first-order chi connectivity index (χ1) is 9.61. The molecule has 1 N–H and O–H groups in total. The van der Waals surface area contributed by atoms with Crippen molar-refractivity contribution in [2.45, 2.75) is 58.5 Å². The number of likely N-dealkylation sites (tertiary alicyclic amines) is 1. The number of aromatic nitrogens is 2. The number of hydrogen-bond acceptors (Lipinski definition) is 4. The second-order valence-electron chi connectivity index (χ2n) is 5.66. The van der Waals surface area contributed by atoms with E-state index in [4.69, 9.17) is 0 Å². The molecule has 0 saturated carbocycles. The van der Waals surface area contributed by atoms with Crippen LogP contribution < -0.4 is 5.32 Å². The third kappa shape index (κ3) is 3.46. The van der Waals surface area contributed by atoms with E-state index in [0.29, 0.717) is 23.6 Å². The number of carbonyl (C=O) groups excluding carboxylic acids is 1. The normalized spacial score (nSPS) is 19.2. The monoisotopic (exact) mass is 276 g/mol. The lowest BCUT2D eigenvalue weighted by Gasteiger charge is -2.34. The molecule has 5 heteroatoms. The summed E-state index contributed by atoms with van der Waals surface area (Å²) in [5.41, 5.74) is 0.444. The molecule has 1 fully saturated rings. The Morgan fingerprint density at radius 1 is 1.40 bits per heavy atom. The number of piperidine rings is 1. The summed E-state index contributed by atoms with van der Waals surface area (Å²) >= 11 is 0. The van der Waals surface area contributed by atoms with Crippen LogP contribution in [0.5, 0.6) is 0 Å². The Morgan fingerprint density at radius 2 is 2.20 bits per heavy atom. The summed E-state index contributed by atoms with van der Waals surface area (Å²) in [7, 11) is 0. The fourth-order valence-electron chi connectivity index (χ4n) is 2.66. The van der Waals surface area contributed by atoms with Crippen LogP contribution in [0.15, 0.2) is 12.1 Å². The Hall–Kier alpha value is -1.65. The number of hydrogen-bond donors (Lipinski definition) is 1. The van der Waals surface area contributed by atoms with E-state index in [1.807, 2.05) is 24.8 Å². The number of amides is 1. The maximum Gasteiger partial charge on any atom is 0.274 e. The summed E-state index contributed by atoms with van der Waals surface area (Å²) in [6.07, 6.45) is 4.41. The van der Waals surface area contributed by atoms with Crippen LogP contribution in [0.25, 0.3) is 0 Å². The van der Waals surface area contributed by atoms with Gasteiger partial charge in [0.05, 0.1) is 0 Å². The molecule has 1 aromatic rings. The van der Waals surface area contributed by atoms with Gasteiger partial charge >= 0.3 is 0 Å². The highest BCUT2D eigenvalue weighted by Gasteiger charge is 2.27. The van der Waals surface area contributed by atoms with Crippen LogP contribution in [0, 0.1) is 0 Å². The van der Waals surface area contributed by atoms with Crippen molar-refractivity contribution < 1.29 is 4.79 Å². The molecule has 2 rings (SSSR count). The number of nitrogens with one attached hydrogen (secondary N) is 1. The van der Waals surface area contributed by atoms with E-state index in [-0.39, 0.29) is 5.91 Å². The predicted octanol–water partition coefficient (Wildman–Crippen LogP) is 2.70. The Labute approximate surface area is 120 Å². The van der Waals surface area contributed by atoms with Gasteiger partial charge in [-0.25, -0.2) is 0 Å². The van der Waals surface area contributed by atoms with Gasteiger partial charge in [-0.2, -0.15) is 0 Å². The fourth-order valence-corrected chi connectivity index (χ4v) is 2.66. The van der Waals surface area contributed by atoms with Gasteiger partial charge in [-0.15, -0.1) is 10.2 Å². The van der Waals surface area contributed by atoms with Gasteiger partial charge in [-0.05, 0) is 51.7 Å². The van der Waals surface area contributed by atoms with Crippen LogP contribution in [-0.2, 0) is 0 Å². The van der Waals surface area contributed by atoms with E-state index < -0.39 is 0 Å². The molecule has 1 aliphatic rings.